The topological polar surface area (TPSA) is 9.23 Å². The third-order valence-corrected chi connectivity index (χ3v) is 6.27. The van der Waals surface area contributed by atoms with E-state index in [2.05, 4.69) is 32.1 Å². The summed E-state index contributed by atoms with van der Waals surface area (Å²) in [6.07, 6.45) is 25.6. The molecule has 0 atom stereocenters. The highest BCUT2D eigenvalue weighted by molar-refractivity contribution is 4.92. The number of rotatable bonds is 9. The second-order valence-corrected chi connectivity index (χ2v) is 8.14. The largest absolute Gasteiger partial charge is 0.501 e. The van der Waals surface area contributed by atoms with Gasteiger partial charge in [-0.2, -0.15) is 0 Å². The maximum atomic E-state index is 5.67. The number of ether oxygens (including phenoxy) is 1. The van der Waals surface area contributed by atoms with Crippen LogP contribution >= 0.6 is 0 Å². The van der Waals surface area contributed by atoms with Gasteiger partial charge in [0.25, 0.3) is 0 Å². The second kappa shape index (κ2) is 11.8. The van der Waals surface area contributed by atoms with Gasteiger partial charge in [-0.15, -0.1) is 0 Å². The SMILES string of the molecule is CC/C=C\OCC1CCC(C2CCC(/C=C/CCCC)CC2)CC1. The number of hydrogen-bond donors (Lipinski definition) is 0. The molecule has 0 bridgehead atoms. The molecule has 2 aliphatic rings. The van der Waals surface area contributed by atoms with E-state index in [1.54, 1.807) is 0 Å². The summed E-state index contributed by atoms with van der Waals surface area (Å²) >= 11 is 0. The maximum absolute atomic E-state index is 5.67. The Labute approximate surface area is 150 Å². The van der Waals surface area contributed by atoms with Crippen molar-refractivity contribution in [3.8, 4) is 0 Å². The molecule has 138 valence electrons. The summed E-state index contributed by atoms with van der Waals surface area (Å²) in [6, 6.07) is 0. The lowest BCUT2D eigenvalue weighted by Crippen LogP contribution is -2.26. The van der Waals surface area contributed by atoms with E-state index >= 15 is 0 Å². The van der Waals surface area contributed by atoms with Gasteiger partial charge in [0.15, 0.2) is 0 Å². The van der Waals surface area contributed by atoms with Crippen molar-refractivity contribution < 1.29 is 4.74 Å². The highest BCUT2D eigenvalue weighted by atomic mass is 16.5. The van der Waals surface area contributed by atoms with E-state index in [4.69, 9.17) is 4.74 Å². The van der Waals surface area contributed by atoms with Gasteiger partial charge in [-0.1, -0.05) is 44.9 Å². The van der Waals surface area contributed by atoms with E-state index in [1.165, 1.54) is 70.6 Å². The second-order valence-electron chi connectivity index (χ2n) is 8.14. The van der Waals surface area contributed by atoms with E-state index in [0.717, 1.165) is 36.7 Å². The van der Waals surface area contributed by atoms with Crippen LogP contribution in [0.1, 0.15) is 90.9 Å². The average molecular weight is 333 g/mol. The minimum absolute atomic E-state index is 0.806. The van der Waals surface area contributed by atoms with Crippen LogP contribution in [0.15, 0.2) is 24.5 Å². The lowest BCUT2D eigenvalue weighted by molar-refractivity contribution is 0.113. The smallest absolute Gasteiger partial charge is 0.0901 e. The van der Waals surface area contributed by atoms with Crippen molar-refractivity contribution in [2.45, 2.75) is 90.9 Å². The van der Waals surface area contributed by atoms with Crippen LogP contribution in [0.5, 0.6) is 0 Å². The molecule has 0 unspecified atom stereocenters. The third kappa shape index (κ3) is 7.03. The fourth-order valence-electron chi connectivity index (χ4n) is 4.60. The van der Waals surface area contributed by atoms with Gasteiger partial charge in [-0.25, -0.2) is 0 Å². The molecular formula is C23H40O. The Bertz CT molecular complexity index is 354. The van der Waals surface area contributed by atoms with Gasteiger partial charge in [-0.3, -0.25) is 0 Å². The molecule has 2 fully saturated rings. The monoisotopic (exact) mass is 332 g/mol. The molecule has 0 saturated heterocycles. The fourth-order valence-corrected chi connectivity index (χ4v) is 4.60. The van der Waals surface area contributed by atoms with Crippen molar-refractivity contribution in [1.29, 1.82) is 0 Å². The first-order valence-electron chi connectivity index (χ1n) is 10.8. The summed E-state index contributed by atoms with van der Waals surface area (Å²) < 4.78 is 5.67. The summed E-state index contributed by atoms with van der Waals surface area (Å²) in [5.41, 5.74) is 0. The minimum atomic E-state index is 0.806. The lowest BCUT2D eigenvalue weighted by Gasteiger charge is -2.37. The number of allylic oxidation sites excluding steroid dienone is 3. The normalized spacial score (nSPS) is 31.8. The van der Waals surface area contributed by atoms with E-state index in [1.807, 2.05) is 6.26 Å². The molecule has 0 spiro atoms. The molecule has 0 heterocycles. The summed E-state index contributed by atoms with van der Waals surface area (Å²) in [6.45, 7) is 5.38. The van der Waals surface area contributed by atoms with E-state index in [0.29, 0.717) is 0 Å². The van der Waals surface area contributed by atoms with E-state index < -0.39 is 0 Å². The maximum Gasteiger partial charge on any atom is 0.0901 e. The fraction of sp³-hybridized carbons (Fsp3) is 0.826. The van der Waals surface area contributed by atoms with Crippen LogP contribution in [0, 0.1) is 23.7 Å². The van der Waals surface area contributed by atoms with Gasteiger partial charge in [0.2, 0.25) is 0 Å². The molecule has 0 aromatic carbocycles. The van der Waals surface area contributed by atoms with Gasteiger partial charge in [-0.05, 0) is 87.9 Å². The molecule has 1 nitrogen and oxygen atoms in total. The summed E-state index contributed by atoms with van der Waals surface area (Å²) in [5, 5.41) is 0. The quantitative estimate of drug-likeness (QED) is 0.245. The molecule has 2 rings (SSSR count). The Morgan fingerprint density at radius 3 is 2.12 bits per heavy atom. The van der Waals surface area contributed by atoms with Crippen LogP contribution < -0.4 is 0 Å². The Morgan fingerprint density at radius 2 is 1.50 bits per heavy atom. The first-order chi connectivity index (χ1) is 11.8. The Balaban J connectivity index is 1.60. The Morgan fingerprint density at radius 1 is 0.833 bits per heavy atom. The standard InChI is InChI=1S/C23H40O/c1-3-5-7-8-9-20-10-14-22(15-11-20)23-16-12-21(13-17-23)19-24-18-6-4-2/h6,8-9,18,20-23H,3-5,7,10-17,19H2,1-2H3/b9-8+,18-6-. The predicted octanol–water partition coefficient (Wildman–Crippen LogP) is 7.29. The zero-order valence-corrected chi connectivity index (χ0v) is 16.2. The van der Waals surface area contributed by atoms with Crippen molar-refractivity contribution in [3.05, 3.63) is 24.5 Å². The summed E-state index contributed by atoms with van der Waals surface area (Å²) in [5.74, 6) is 3.72. The molecule has 0 radical (unpaired) electrons. The molecule has 2 saturated carbocycles. The average Bonchev–Trinajstić information content (AvgIpc) is 2.64. The van der Waals surface area contributed by atoms with Crippen molar-refractivity contribution in [2.75, 3.05) is 6.61 Å². The van der Waals surface area contributed by atoms with Gasteiger partial charge >= 0.3 is 0 Å². The predicted molar refractivity (Wildman–Crippen MR) is 105 cm³/mol. The molecule has 0 aromatic heterocycles. The molecular weight excluding hydrogens is 292 g/mol. The summed E-state index contributed by atoms with van der Waals surface area (Å²) in [7, 11) is 0. The van der Waals surface area contributed by atoms with Gasteiger partial charge in [0.1, 0.15) is 0 Å². The van der Waals surface area contributed by atoms with Crippen LogP contribution in [-0.4, -0.2) is 6.61 Å². The van der Waals surface area contributed by atoms with Crippen LogP contribution in [-0.2, 0) is 4.74 Å². The highest BCUT2D eigenvalue weighted by Gasteiger charge is 2.30. The molecule has 0 N–H and O–H groups in total. The minimum Gasteiger partial charge on any atom is -0.501 e. The van der Waals surface area contributed by atoms with Gasteiger partial charge in [0.05, 0.1) is 12.9 Å². The third-order valence-electron chi connectivity index (χ3n) is 6.27. The Hall–Kier alpha value is -0.720. The molecule has 0 aromatic rings. The molecule has 0 aliphatic heterocycles. The van der Waals surface area contributed by atoms with Gasteiger partial charge in [0, 0.05) is 0 Å². The number of unbranched alkanes of at least 4 members (excludes halogenated alkanes) is 2. The molecule has 24 heavy (non-hydrogen) atoms. The van der Waals surface area contributed by atoms with Crippen molar-refractivity contribution in [1.82, 2.24) is 0 Å². The highest BCUT2D eigenvalue weighted by Crippen LogP contribution is 2.41. The molecule has 2 aliphatic carbocycles. The van der Waals surface area contributed by atoms with Crippen LogP contribution in [0.3, 0.4) is 0 Å². The van der Waals surface area contributed by atoms with Crippen molar-refractivity contribution >= 4 is 0 Å². The van der Waals surface area contributed by atoms with Gasteiger partial charge < -0.3 is 4.74 Å². The van der Waals surface area contributed by atoms with Crippen molar-refractivity contribution in [2.24, 2.45) is 23.7 Å². The Kier molecular flexibility index (Phi) is 9.61. The zero-order valence-electron chi connectivity index (χ0n) is 16.2. The molecule has 1 heteroatoms. The summed E-state index contributed by atoms with van der Waals surface area (Å²) in [4.78, 5) is 0. The van der Waals surface area contributed by atoms with E-state index in [-0.39, 0.29) is 0 Å². The first-order valence-corrected chi connectivity index (χ1v) is 10.8. The first kappa shape index (κ1) is 19.6. The van der Waals surface area contributed by atoms with Crippen LogP contribution in [0.25, 0.3) is 0 Å². The molecule has 0 amide bonds. The van der Waals surface area contributed by atoms with Crippen LogP contribution in [0.4, 0.5) is 0 Å². The van der Waals surface area contributed by atoms with E-state index in [9.17, 15) is 0 Å². The van der Waals surface area contributed by atoms with Crippen molar-refractivity contribution in [3.63, 3.8) is 0 Å². The number of hydrogen-bond acceptors (Lipinski definition) is 1. The zero-order chi connectivity index (χ0) is 17.0. The van der Waals surface area contributed by atoms with Crippen LogP contribution in [0.2, 0.25) is 0 Å². The lowest BCUT2D eigenvalue weighted by atomic mass is 9.69.